The van der Waals surface area contributed by atoms with Crippen LogP contribution >= 0.6 is 87.7 Å². The highest BCUT2D eigenvalue weighted by molar-refractivity contribution is 14.0. The number of nitrogens with zero attached hydrogens (tertiary/aromatic N) is 3. The molecule has 0 unspecified atom stereocenters. The summed E-state index contributed by atoms with van der Waals surface area (Å²) in [5.41, 5.74) is 20.1. The van der Waals surface area contributed by atoms with Gasteiger partial charge in [0.2, 0.25) is 5.78 Å². The highest BCUT2D eigenvalue weighted by Crippen LogP contribution is 2.33. The second-order valence-electron chi connectivity index (χ2n) is 14.9. The first-order valence-corrected chi connectivity index (χ1v) is 22.4. The van der Waals surface area contributed by atoms with Crippen LogP contribution in [0.1, 0.15) is 113 Å². The van der Waals surface area contributed by atoms with E-state index in [1.165, 1.54) is 16.7 Å². The van der Waals surface area contributed by atoms with Crippen molar-refractivity contribution in [2.24, 2.45) is 0 Å². The number of benzene rings is 4. The van der Waals surface area contributed by atoms with Crippen LogP contribution in [0, 0.1) is 50.4 Å². The number of nitrogen functional groups attached to an aromatic ring is 1. The predicted molar refractivity (Wildman–Crippen MR) is 340 cm³/mol. The van der Waals surface area contributed by atoms with Crippen molar-refractivity contribution < 1.29 is 63.3 Å². The quantitative estimate of drug-likeness (QED) is 0.0635. The van der Waals surface area contributed by atoms with E-state index in [0.717, 1.165) is 73.7 Å². The van der Waals surface area contributed by atoms with Crippen LogP contribution in [-0.2, 0) is 38.4 Å². The molecule has 0 aromatic heterocycles. The molecular formula is C49H109Br4IN4O4. The van der Waals surface area contributed by atoms with Crippen molar-refractivity contribution in [3.8, 4) is 12.1 Å². The van der Waals surface area contributed by atoms with Crippen LogP contribution in [0.3, 0.4) is 0 Å². The van der Waals surface area contributed by atoms with E-state index in [2.05, 4.69) is 88.0 Å². The van der Waals surface area contributed by atoms with Gasteiger partial charge in [-0.2, -0.15) is 10.5 Å². The van der Waals surface area contributed by atoms with Gasteiger partial charge in [-0.25, -0.2) is 4.79 Å². The Labute approximate surface area is 461 Å². The summed E-state index contributed by atoms with van der Waals surface area (Å²) in [7, 11) is 3.59. The molecule has 0 fully saturated rings. The maximum atomic E-state index is 12.4. The number of Topliss-reactive ketones (excluding diaryl/α,β-unsaturated/α-hetero) is 2. The molecule has 0 amide bonds. The highest BCUT2D eigenvalue weighted by Gasteiger charge is 2.23. The summed E-state index contributed by atoms with van der Waals surface area (Å²) in [5, 5.41) is 17.6. The molecule has 8 nitrogen and oxygen atoms in total. The number of carbonyl (C=O) groups excluding carboxylic acids is 3. The third-order valence-electron chi connectivity index (χ3n) is 9.77. The van der Waals surface area contributed by atoms with Gasteiger partial charge < -0.3 is 15.4 Å². The van der Waals surface area contributed by atoms with Gasteiger partial charge in [-0.3, -0.25) is 9.59 Å². The lowest BCUT2D eigenvalue weighted by Gasteiger charge is -2.06. The molecule has 7 rings (SSSR count). The van der Waals surface area contributed by atoms with Crippen LogP contribution in [0.25, 0.3) is 18.2 Å². The minimum atomic E-state index is -0.201. The van der Waals surface area contributed by atoms with Crippen molar-refractivity contribution in [3.63, 3.8) is 0 Å². The van der Waals surface area contributed by atoms with Crippen molar-refractivity contribution in [1.29, 1.82) is 10.5 Å². The number of esters is 1. The van der Waals surface area contributed by atoms with Crippen LogP contribution in [0.15, 0.2) is 101 Å². The average molecular weight is 1260 g/mol. The van der Waals surface area contributed by atoms with Gasteiger partial charge in [0.05, 0.1) is 19.1 Å². The second-order valence-corrected chi connectivity index (χ2v) is 18.3. The molecule has 4 aromatic carbocycles. The largest absolute Gasteiger partial charge is 0.463 e. The number of ether oxygens (including phenoxy) is 1. The number of nitrogens with two attached hydrogens (primary N) is 1. The van der Waals surface area contributed by atoms with Gasteiger partial charge in [-0.1, -0.05) is 88.0 Å². The molecule has 0 atom stereocenters. The van der Waals surface area contributed by atoms with Gasteiger partial charge >= 0.3 is 5.97 Å². The summed E-state index contributed by atoms with van der Waals surface area (Å²) < 4.78 is 9.27. The number of anilines is 1. The molecule has 0 saturated heterocycles. The number of hydrogen-bond donors (Lipinski definition) is 1. The third kappa shape index (κ3) is 14.2. The van der Waals surface area contributed by atoms with Gasteiger partial charge in [-0.15, -0.1) is 24.0 Å². The molecule has 0 radical (unpaired) electrons. The molecule has 3 aliphatic rings. The summed E-state index contributed by atoms with van der Waals surface area (Å²) in [6, 6.07) is 22.0. The molecule has 0 aliphatic heterocycles. The van der Waals surface area contributed by atoms with Crippen molar-refractivity contribution in [3.05, 3.63) is 157 Å². The van der Waals surface area contributed by atoms with E-state index in [1.807, 2.05) is 95.3 Å². The zero-order chi connectivity index (χ0) is 45.1. The Morgan fingerprint density at radius 2 is 1.15 bits per heavy atom. The van der Waals surface area contributed by atoms with E-state index >= 15 is 0 Å². The summed E-state index contributed by atoms with van der Waals surface area (Å²) in [6.45, 7) is 10.4. The summed E-state index contributed by atoms with van der Waals surface area (Å²) in [5.74, 6) is -0.453. The number of allylic oxidation sites excluding steroid dienone is 3. The number of aryl methyl sites for hydroxylation is 4. The first kappa shape index (κ1) is 52.2. The molecule has 384 valence electrons. The van der Waals surface area contributed by atoms with Crippen molar-refractivity contribution in [1.82, 2.24) is 4.90 Å². The highest BCUT2D eigenvalue weighted by atomic mass is 127. The van der Waals surface area contributed by atoms with E-state index in [-0.39, 0.29) is 97.7 Å². The Morgan fingerprint density at radius 1 is 0.710 bits per heavy atom. The fourth-order valence-electron chi connectivity index (χ4n) is 6.47. The van der Waals surface area contributed by atoms with E-state index in [0.29, 0.717) is 31.4 Å². The summed E-state index contributed by atoms with van der Waals surface area (Å²) in [6.07, 6.45) is 9.15. The number of hydrogen-bond acceptors (Lipinski definition) is 8. The fraction of sp³-hybridized carbons (Fsp3) is 0.245. The lowest BCUT2D eigenvalue weighted by atomic mass is 10.0. The van der Waals surface area contributed by atoms with Crippen LogP contribution < -0.4 is 5.73 Å². The Balaban J connectivity index is -0.0000000198. The molecule has 0 bridgehead atoms. The predicted octanol–water partition coefficient (Wildman–Crippen LogP) is 20.3. The van der Waals surface area contributed by atoms with Crippen molar-refractivity contribution >= 4 is 129 Å². The number of ketones is 2. The van der Waals surface area contributed by atoms with E-state index < -0.39 is 0 Å². The number of rotatable bonds is 7. The smallest absolute Gasteiger partial charge is 0.334 e. The number of fused-ring (bicyclic) bond motifs is 3. The van der Waals surface area contributed by atoms with E-state index in [1.54, 1.807) is 25.2 Å². The zero-order valence-corrected chi connectivity index (χ0v) is 44.2. The fourth-order valence-corrected chi connectivity index (χ4v) is 8.04. The van der Waals surface area contributed by atoms with Crippen molar-refractivity contribution in [2.75, 3.05) is 26.4 Å². The molecule has 3 aliphatic carbocycles. The van der Waals surface area contributed by atoms with Crippen LogP contribution in [-0.4, -0.2) is 43.1 Å². The Morgan fingerprint density at radius 3 is 1.56 bits per heavy atom. The molecule has 0 spiro atoms. The SMILES string of the molecule is CCOC(=O)C1=Cc2cc(C)c(Br)cc2C1.Cc1cc2c(cc1Br)CC(C(=O)C(C#N)=CN(C)C)=C2.Cc1cc2c(cc1Br)CC(C(=O)CC#N)=C2.Cc1ccc(N)cc1Br.I.[HH].[HH].[HH].[HH].[HH].[HH].[HH].[HH].[HH].[HH].[HH].[HH].[HH].[HH].[HH].[HH].[HH].[HH].[HH].[HH].[HH].[HH].[HH].[HH].[HH].[HH].[HH].[HH].[HH].[HH].[HH]. The van der Waals surface area contributed by atoms with Gasteiger partial charge in [0.1, 0.15) is 11.6 Å². The molecule has 0 saturated carbocycles. The molecule has 62 heavy (non-hydrogen) atoms. The normalized spacial score (nSPS) is 12.5. The van der Waals surface area contributed by atoms with E-state index in [4.69, 9.17) is 21.0 Å². The zero-order valence-electron chi connectivity index (χ0n) is 35.5. The molecular weight excluding hydrogens is 1160 g/mol. The van der Waals surface area contributed by atoms with Crippen LogP contribution in [0.2, 0.25) is 0 Å². The third-order valence-corrected chi connectivity index (χ3v) is 13.2. The van der Waals surface area contributed by atoms with Crippen LogP contribution in [0.5, 0.6) is 0 Å². The number of nitriles is 2. The monoisotopic (exact) mass is 1260 g/mol. The van der Waals surface area contributed by atoms with Gasteiger partial charge in [0.15, 0.2) is 5.78 Å². The minimum Gasteiger partial charge on any atom is -0.463 e. The summed E-state index contributed by atoms with van der Waals surface area (Å²) in [4.78, 5) is 37.2. The van der Waals surface area contributed by atoms with Gasteiger partial charge in [0, 0.05) is 124 Å². The molecule has 0 heterocycles. The van der Waals surface area contributed by atoms with Crippen LogP contribution in [0.4, 0.5) is 5.69 Å². The minimum absolute atomic E-state index is 0. The standard InChI is InChI=1S/C16H15BrN2O.C13H10BrNO.C13H13BrO2.C7H8BrN.HI.31H2/c1-10-4-11-5-13(6-12(11)7-15(10)17)16(20)14(8-18)9-19(2)3;1-8-4-9-5-11(13(16)2-3-15)6-10(9)7-12(8)14;1-3-16-13(15)11-5-9-4-8(2)12(14)7-10(9)6-11;1-5-2-3-6(9)4-7(5)8;;;;;;;;;;;;;;;;;;;;;;;;;;;;;;;;/h4-5,7,9H,6H2,1-3H3;4-5,7H,2,6H2,1H3;4-5,7H,3,6H2,1-2H3;2-4H,9H2,1H3;32*1H. The first-order valence-electron chi connectivity index (χ1n) is 19.3. The average Bonchev–Trinajstić information content (AvgIpc) is 3.93. The van der Waals surface area contributed by atoms with Gasteiger partial charge in [-0.05, 0) is 139 Å². The number of carbonyl (C=O) groups is 3. The molecule has 13 heteroatoms. The lowest BCUT2D eigenvalue weighted by Crippen LogP contribution is -2.10. The van der Waals surface area contributed by atoms with Crippen molar-refractivity contribution in [2.45, 2.75) is 60.3 Å². The summed E-state index contributed by atoms with van der Waals surface area (Å²) >= 11 is 13.8. The number of halogens is 5. The molecule has 2 N–H and O–H groups in total. The topological polar surface area (TPSA) is 137 Å². The van der Waals surface area contributed by atoms with Gasteiger partial charge in [0.25, 0.3) is 0 Å². The first-order chi connectivity index (χ1) is 28.8. The maximum Gasteiger partial charge on any atom is 0.334 e. The lowest BCUT2D eigenvalue weighted by molar-refractivity contribution is -0.138. The Bertz CT molecular complexity index is 2700. The maximum absolute atomic E-state index is 12.4. The van der Waals surface area contributed by atoms with E-state index in [9.17, 15) is 14.4 Å². The Kier molecular flexibility index (Phi) is 20.3. The Hall–Kier alpha value is -4.12. The second kappa shape index (κ2) is 24.1. The molecule has 4 aromatic rings.